The summed E-state index contributed by atoms with van der Waals surface area (Å²) in [6.07, 6.45) is 1.12. The number of aryl methyl sites for hydroxylation is 2. The number of nitrogens with zero attached hydrogens (tertiary/aromatic N) is 3. The average molecular weight is 543 g/mol. The third-order valence-corrected chi connectivity index (χ3v) is 8.29. The topological polar surface area (TPSA) is 126 Å². The Morgan fingerprint density at radius 2 is 1.87 bits per heavy atom. The molecular weight excluding hydrogens is 508 g/mol. The number of fused-ring (bicyclic) bond motifs is 1. The SMILES string of the molecule is COC[C@H]1CN(c2ccc3c(=O)n(CCc4c(C)cc(S(N)(=O)=O)cc4C)c([C@@H]4CCO4)nc3c2)CCO1. The third-order valence-electron chi connectivity index (χ3n) is 7.40. The molecule has 0 saturated carbocycles. The fourth-order valence-electron chi connectivity index (χ4n) is 5.30. The number of hydrogen-bond donors (Lipinski definition) is 1. The van der Waals surface area contributed by atoms with Crippen LogP contribution in [0.25, 0.3) is 10.9 Å². The van der Waals surface area contributed by atoms with Crippen LogP contribution < -0.4 is 15.6 Å². The number of nitrogens with two attached hydrogens (primary N) is 1. The number of rotatable bonds is 8. The molecule has 38 heavy (non-hydrogen) atoms. The summed E-state index contributed by atoms with van der Waals surface area (Å²) < 4.78 is 42.2. The molecule has 2 saturated heterocycles. The van der Waals surface area contributed by atoms with Crippen molar-refractivity contribution in [2.75, 3.05) is 44.9 Å². The molecule has 204 valence electrons. The van der Waals surface area contributed by atoms with E-state index >= 15 is 0 Å². The summed E-state index contributed by atoms with van der Waals surface area (Å²) in [5, 5.41) is 5.88. The summed E-state index contributed by atoms with van der Waals surface area (Å²) in [4.78, 5) is 21.0. The van der Waals surface area contributed by atoms with Gasteiger partial charge in [0.25, 0.3) is 5.56 Å². The summed E-state index contributed by atoms with van der Waals surface area (Å²) >= 11 is 0. The Labute approximate surface area is 222 Å². The van der Waals surface area contributed by atoms with Crippen molar-refractivity contribution in [2.24, 2.45) is 5.14 Å². The highest BCUT2D eigenvalue weighted by Gasteiger charge is 2.27. The lowest BCUT2D eigenvalue weighted by molar-refractivity contribution is -0.0604. The van der Waals surface area contributed by atoms with Crippen molar-refractivity contribution < 1.29 is 22.6 Å². The van der Waals surface area contributed by atoms with Crippen molar-refractivity contribution >= 4 is 26.6 Å². The van der Waals surface area contributed by atoms with E-state index in [0.29, 0.717) is 56.1 Å². The summed E-state index contributed by atoms with van der Waals surface area (Å²) in [5.41, 5.74) is 4.15. The number of ether oxygens (including phenoxy) is 3. The molecule has 0 unspecified atom stereocenters. The van der Waals surface area contributed by atoms with Gasteiger partial charge in [-0.25, -0.2) is 18.5 Å². The number of benzene rings is 2. The second-order valence-corrected chi connectivity index (χ2v) is 11.6. The third kappa shape index (κ3) is 5.34. The van der Waals surface area contributed by atoms with E-state index in [1.54, 1.807) is 23.8 Å². The molecule has 2 aliphatic heterocycles. The fraction of sp³-hybridized carbons (Fsp3) is 0.481. The quantitative estimate of drug-likeness (QED) is 0.459. The van der Waals surface area contributed by atoms with Crippen LogP contribution in [0.4, 0.5) is 5.69 Å². The Bertz CT molecular complexity index is 1490. The molecule has 11 heteroatoms. The Morgan fingerprint density at radius 1 is 1.13 bits per heavy atom. The average Bonchev–Trinajstić information content (AvgIpc) is 2.83. The molecule has 2 N–H and O–H groups in total. The number of sulfonamides is 1. The smallest absolute Gasteiger partial charge is 0.261 e. The number of methoxy groups -OCH3 is 1. The zero-order valence-corrected chi connectivity index (χ0v) is 22.8. The van der Waals surface area contributed by atoms with Crippen LogP contribution >= 0.6 is 0 Å². The van der Waals surface area contributed by atoms with Gasteiger partial charge in [0, 0.05) is 38.9 Å². The number of primary sulfonamides is 1. The first kappa shape index (κ1) is 26.8. The number of anilines is 1. The second kappa shape index (κ2) is 10.7. The Morgan fingerprint density at radius 3 is 2.50 bits per heavy atom. The zero-order chi connectivity index (χ0) is 27.0. The Balaban J connectivity index is 1.48. The van der Waals surface area contributed by atoms with E-state index in [-0.39, 0.29) is 22.7 Å². The second-order valence-electron chi connectivity index (χ2n) is 10.0. The van der Waals surface area contributed by atoms with Gasteiger partial charge in [-0.3, -0.25) is 9.36 Å². The standard InChI is InChI=1S/C27H34N4O6S/c1-17-12-21(38(28,33)34)13-18(2)22(17)6-8-31-26(25-7-10-37-25)29-24-14-19(4-5-23(24)27(31)32)30-9-11-36-20(15-30)16-35-3/h4-5,12-14,20,25H,6-11,15-16H2,1-3H3,(H2,28,33,34)/t20-,25+/m1/s1. The van der Waals surface area contributed by atoms with E-state index in [9.17, 15) is 13.2 Å². The predicted molar refractivity (Wildman–Crippen MR) is 144 cm³/mol. The molecule has 1 aromatic heterocycles. The minimum absolute atomic E-state index is 0.00437. The van der Waals surface area contributed by atoms with Gasteiger partial charge in [0.05, 0.1) is 41.7 Å². The molecule has 3 heterocycles. The highest BCUT2D eigenvalue weighted by Crippen LogP contribution is 2.30. The van der Waals surface area contributed by atoms with Crippen LogP contribution in [0.15, 0.2) is 40.0 Å². The van der Waals surface area contributed by atoms with E-state index in [1.807, 2.05) is 32.0 Å². The van der Waals surface area contributed by atoms with Crippen LogP contribution in [0.2, 0.25) is 0 Å². The maximum atomic E-state index is 13.7. The molecule has 2 fully saturated rings. The lowest BCUT2D eigenvalue weighted by Crippen LogP contribution is -2.44. The molecule has 2 aliphatic rings. The molecule has 0 bridgehead atoms. The van der Waals surface area contributed by atoms with Gasteiger partial charge in [-0.2, -0.15) is 0 Å². The van der Waals surface area contributed by atoms with Crippen LogP contribution in [0.3, 0.4) is 0 Å². The van der Waals surface area contributed by atoms with Gasteiger partial charge >= 0.3 is 0 Å². The summed E-state index contributed by atoms with van der Waals surface area (Å²) in [6, 6.07) is 8.95. The van der Waals surface area contributed by atoms with Crippen LogP contribution in [-0.4, -0.2) is 64.1 Å². The highest BCUT2D eigenvalue weighted by atomic mass is 32.2. The number of morpholine rings is 1. The van der Waals surface area contributed by atoms with Gasteiger partial charge in [0.2, 0.25) is 10.0 Å². The first-order chi connectivity index (χ1) is 18.2. The highest BCUT2D eigenvalue weighted by molar-refractivity contribution is 7.89. The maximum absolute atomic E-state index is 13.7. The van der Waals surface area contributed by atoms with Crippen LogP contribution in [-0.2, 0) is 37.2 Å². The molecule has 0 radical (unpaired) electrons. The van der Waals surface area contributed by atoms with Crippen LogP contribution in [0.1, 0.15) is 35.0 Å². The molecule has 2 atom stereocenters. The van der Waals surface area contributed by atoms with Crippen molar-refractivity contribution in [3.8, 4) is 0 Å². The normalized spacial score (nSPS) is 20.1. The van der Waals surface area contributed by atoms with Gasteiger partial charge in [-0.15, -0.1) is 0 Å². The van der Waals surface area contributed by atoms with E-state index in [1.165, 1.54) is 0 Å². The molecule has 2 aromatic carbocycles. The summed E-state index contributed by atoms with van der Waals surface area (Å²) in [6.45, 7) is 7.36. The largest absolute Gasteiger partial charge is 0.382 e. The summed E-state index contributed by atoms with van der Waals surface area (Å²) in [7, 11) is -2.13. The van der Waals surface area contributed by atoms with E-state index in [0.717, 1.165) is 35.3 Å². The monoisotopic (exact) mass is 542 g/mol. The molecule has 0 aliphatic carbocycles. The Hall–Kier alpha value is -2.83. The van der Waals surface area contributed by atoms with Gasteiger partial charge in [-0.1, -0.05) is 0 Å². The Kier molecular flexibility index (Phi) is 7.56. The zero-order valence-electron chi connectivity index (χ0n) is 22.0. The van der Waals surface area contributed by atoms with E-state index < -0.39 is 10.0 Å². The number of aromatic nitrogens is 2. The first-order valence-corrected chi connectivity index (χ1v) is 14.3. The lowest BCUT2D eigenvalue weighted by Gasteiger charge is -2.34. The van der Waals surface area contributed by atoms with Crippen molar-refractivity contribution in [1.82, 2.24) is 9.55 Å². The number of hydrogen-bond acceptors (Lipinski definition) is 8. The van der Waals surface area contributed by atoms with Gasteiger partial charge in [0.1, 0.15) is 11.9 Å². The van der Waals surface area contributed by atoms with Crippen molar-refractivity contribution in [1.29, 1.82) is 0 Å². The predicted octanol–water partition coefficient (Wildman–Crippen LogP) is 2.22. The molecular formula is C27H34N4O6S. The first-order valence-electron chi connectivity index (χ1n) is 12.8. The van der Waals surface area contributed by atoms with Crippen molar-refractivity contribution in [3.05, 3.63) is 63.2 Å². The lowest BCUT2D eigenvalue weighted by atomic mass is 10.00. The maximum Gasteiger partial charge on any atom is 0.261 e. The van der Waals surface area contributed by atoms with Crippen molar-refractivity contribution in [3.63, 3.8) is 0 Å². The minimum atomic E-state index is -3.79. The van der Waals surface area contributed by atoms with Crippen molar-refractivity contribution in [2.45, 2.75) is 50.3 Å². The molecule has 3 aromatic rings. The van der Waals surface area contributed by atoms with Crippen LogP contribution in [0.5, 0.6) is 0 Å². The van der Waals surface area contributed by atoms with E-state index in [4.69, 9.17) is 24.3 Å². The van der Waals surface area contributed by atoms with E-state index in [2.05, 4.69) is 4.90 Å². The van der Waals surface area contributed by atoms with Gasteiger partial charge in [-0.05, 0) is 67.3 Å². The van der Waals surface area contributed by atoms with Gasteiger partial charge in [0.15, 0.2) is 0 Å². The van der Waals surface area contributed by atoms with Crippen LogP contribution in [0, 0.1) is 13.8 Å². The summed E-state index contributed by atoms with van der Waals surface area (Å²) in [5.74, 6) is 0.626. The molecule has 0 amide bonds. The fourth-order valence-corrected chi connectivity index (χ4v) is 5.98. The van der Waals surface area contributed by atoms with Gasteiger partial charge < -0.3 is 19.1 Å². The molecule has 5 rings (SSSR count). The molecule has 0 spiro atoms. The molecule has 10 nitrogen and oxygen atoms in total. The minimum Gasteiger partial charge on any atom is -0.382 e.